The van der Waals surface area contributed by atoms with Gasteiger partial charge in [0.2, 0.25) is 5.91 Å². The van der Waals surface area contributed by atoms with Gasteiger partial charge in [0.1, 0.15) is 0 Å². The number of rotatable bonds is 7. The van der Waals surface area contributed by atoms with Crippen molar-refractivity contribution in [2.45, 2.75) is 20.3 Å². The highest BCUT2D eigenvalue weighted by Crippen LogP contribution is 2.07. The maximum Gasteiger partial charge on any atom is 0.222 e. The highest BCUT2D eigenvalue weighted by molar-refractivity contribution is 7.80. The third-order valence-electron chi connectivity index (χ3n) is 2.43. The van der Waals surface area contributed by atoms with Crippen LogP contribution in [0, 0.1) is 11.8 Å². The minimum Gasteiger partial charge on any atom is -0.393 e. The Labute approximate surface area is 103 Å². The molecule has 0 saturated heterocycles. The number of carbonyl (C=O) groups excluding carboxylic acids is 1. The van der Waals surface area contributed by atoms with E-state index in [9.17, 15) is 4.79 Å². The molecule has 0 aromatic rings. The molecule has 0 aliphatic carbocycles. The lowest BCUT2D eigenvalue weighted by Gasteiger charge is -2.22. The van der Waals surface area contributed by atoms with Crippen molar-refractivity contribution in [2.24, 2.45) is 17.6 Å². The molecule has 0 saturated carbocycles. The SMILES string of the molecule is COCC(C)CC(=O)N(C)CC(C)C(N)=S. The molecule has 2 unspecified atom stereocenters. The summed E-state index contributed by atoms with van der Waals surface area (Å²) in [6.07, 6.45) is 0.494. The molecule has 4 nitrogen and oxygen atoms in total. The summed E-state index contributed by atoms with van der Waals surface area (Å²) in [5.41, 5.74) is 5.51. The fourth-order valence-electron chi connectivity index (χ4n) is 1.40. The van der Waals surface area contributed by atoms with E-state index >= 15 is 0 Å². The molecule has 0 radical (unpaired) electrons. The Morgan fingerprint density at radius 2 is 2.06 bits per heavy atom. The van der Waals surface area contributed by atoms with Crippen molar-refractivity contribution in [1.82, 2.24) is 4.90 Å². The van der Waals surface area contributed by atoms with Crippen molar-refractivity contribution in [3.05, 3.63) is 0 Å². The van der Waals surface area contributed by atoms with Crippen molar-refractivity contribution in [1.29, 1.82) is 0 Å². The first-order chi connectivity index (χ1) is 7.38. The Balaban J connectivity index is 4.03. The van der Waals surface area contributed by atoms with Gasteiger partial charge >= 0.3 is 0 Å². The van der Waals surface area contributed by atoms with E-state index in [4.69, 9.17) is 22.7 Å². The Hall–Kier alpha value is -0.680. The number of amides is 1. The predicted octanol–water partition coefficient (Wildman–Crippen LogP) is 1.04. The zero-order valence-corrected chi connectivity index (χ0v) is 11.3. The van der Waals surface area contributed by atoms with E-state index in [0.717, 1.165) is 0 Å². The van der Waals surface area contributed by atoms with Crippen LogP contribution in [-0.2, 0) is 9.53 Å². The summed E-state index contributed by atoms with van der Waals surface area (Å²) in [7, 11) is 3.41. The number of ether oxygens (including phenoxy) is 1. The molecule has 0 spiro atoms. The normalized spacial score (nSPS) is 14.2. The zero-order chi connectivity index (χ0) is 12.7. The second-order valence-electron chi connectivity index (χ2n) is 4.34. The molecule has 94 valence electrons. The standard InChI is InChI=1S/C11H22N2O2S/c1-8(7-15-4)5-10(14)13(3)6-9(2)11(12)16/h8-9H,5-7H2,1-4H3,(H2,12,16). The molecule has 1 amide bonds. The lowest BCUT2D eigenvalue weighted by Crippen LogP contribution is -2.36. The molecule has 2 N–H and O–H groups in total. The highest BCUT2D eigenvalue weighted by atomic mass is 32.1. The van der Waals surface area contributed by atoms with Gasteiger partial charge in [0.05, 0.1) is 4.99 Å². The molecule has 0 aromatic heterocycles. The third kappa shape index (κ3) is 6.02. The van der Waals surface area contributed by atoms with Gasteiger partial charge in [-0.15, -0.1) is 0 Å². The molecule has 0 heterocycles. The van der Waals surface area contributed by atoms with Crippen LogP contribution in [0.3, 0.4) is 0 Å². The van der Waals surface area contributed by atoms with E-state index in [2.05, 4.69) is 0 Å². The molecule has 0 rings (SSSR count). The second kappa shape index (κ2) is 7.57. The van der Waals surface area contributed by atoms with E-state index in [-0.39, 0.29) is 17.7 Å². The fourth-order valence-corrected chi connectivity index (χ4v) is 1.47. The van der Waals surface area contributed by atoms with Crippen molar-refractivity contribution >= 4 is 23.1 Å². The Morgan fingerprint density at radius 1 is 1.50 bits per heavy atom. The molecule has 0 fully saturated rings. The minimum absolute atomic E-state index is 0.0571. The van der Waals surface area contributed by atoms with Crippen LogP contribution < -0.4 is 5.73 Å². The number of nitrogens with zero attached hydrogens (tertiary/aromatic N) is 1. The van der Waals surface area contributed by atoms with Crippen LogP contribution >= 0.6 is 12.2 Å². The van der Waals surface area contributed by atoms with Crippen LogP contribution in [0.1, 0.15) is 20.3 Å². The maximum absolute atomic E-state index is 11.8. The van der Waals surface area contributed by atoms with Gasteiger partial charge in [0.25, 0.3) is 0 Å². The van der Waals surface area contributed by atoms with Gasteiger partial charge in [-0.05, 0) is 5.92 Å². The number of methoxy groups -OCH3 is 1. The molecular weight excluding hydrogens is 224 g/mol. The first-order valence-electron chi connectivity index (χ1n) is 5.40. The van der Waals surface area contributed by atoms with Crippen molar-refractivity contribution in [3.8, 4) is 0 Å². The Kier molecular flexibility index (Phi) is 7.25. The fraction of sp³-hybridized carbons (Fsp3) is 0.818. The molecule has 5 heteroatoms. The highest BCUT2D eigenvalue weighted by Gasteiger charge is 2.16. The topological polar surface area (TPSA) is 55.6 Å². The van der Waals surface area contributed by atoms with Crippen molar-refractivity contribution in [2.75, 3.05) is 27.3 Å². The predicted molar refractivity (Wildman–Crippen MR) is 69.2 cm³/mol. The van der Waals surface area contributed by atoms with Crippen LogP contribution in [-0.4, -0.2) is 43.1 Å². The molecule has 0 bridgehead atoms. The van der Waals surface area contributed by atoms with Gasteiger partial charge < -0.3 is 15.4 Å². The number of hydrogen-bond acceptors (Lipinski definition) is 3. The molecule has 0 aromatic carbocycles. The smallest absolute Gasteiger partial charge is 0.222 e. The molecular formula is C11H22N2O2S. The maximum atomic E-state index is 11.8. The van der Waals surface area contributed by atoms with Crippen molar-refractivity contribution < 1.29 is 9.53 Å². The Bertz CT molecular complexity index is 246. The average Bonchev–Trinajstić information content (AvgIpc) is 2.17. The lowest BCUT2D eigenvalue weighted by molar-refractivity contribution is -0.131. The van der Waals surface area contributed by atoms with E-state index < -0.39 is 0 Å². The summed E-state index contributed by atoms with van der Waals surface area (Å²) in [6, 6.07) is 0. The van der Waals surface area contributed by atoms with E-state index in [1.54, 1.807) is 19.1 Å². The number of hydrogen-bond donors (Lipinski definition) is 1. The van der Waals surface area contributed by atoms with E-state index in [1.165, 1.54) is 0 Å². The van der Waals surface area contributed by atoms with Crippen LogP contribution in [0.4, 0.5) is 0 Å². The second-order valence-corrected chi connectivity index (χ2v) is 4.81. The Morgan fingerprint density at radius 3 is 2.50 bits per heavy atom. The average molecular weight is 246 g/mol. The van der Waals surface area contributed by atoms with Crippen molar-refractivity contribution in [3.63, 3.8) is 0 Å². The van der Waals surface area contributed by atoms with Gasteiger partial charge in [-0.2, -0.15) is 0 Å². The minimum atomic E-state index is 0.0571. The molecule has 16 heavy (non-hydrogen) atoms. The quantitative estimate of drug-likeness (QED) is 0.682. The number of thiocarbonyl (C=S) groups is 1. The van der Waals surface area contributed by atoms with Crippen LogP contribution in [0.5, 0.6) is 0 Å². The zero-order valence-electron chi connectivity index (χ0n) is 10.5. The first-order valence-corrected chi connectivity index (χ1v) is 5.81. The van der Waals surface area contributed by atoms with Crippen LogP contribution in [0.15, 0.2) is 0 Å². The van der Waals surface area contributed by atoms with Crippen LogP contribution in [0.2, 0.25) is 0 Å². The van der Waals surface area contributed by atoms with E-state index in [1.807, 2.05) is 13.8 Å². The summed E-state index contributed by atoms with van der Waals surface area (Å²) in [6.45, 7) is 5.09. The monoisotopic (exact) mass is 246 g/mol. The molecule has 0 aliphatic rings. The first kappa shape index (κ1) is 15.3. The number of nitrogens with two attached hydrogens (primary N) is 1. The number of carbonyl (C=O) groups is 1. The van der Waals surface area contributed by atoms with Gasteiger partial charge in [0, 0.05) is 39.6 Å². The largest absolute Gasteiger partial charge is 0.393 e. The third-order valence-corrected chi connectivity index (χ3v) is 2.84. The molecule has 2 atom stereocenters. The van der Waals surface area contributed by atoms with Gasteiger partial charge in [-0.25, -0.2) is 0 Å². The van der Waals surface area contributed by atoms with E-state index in [0.29, 0.717) is 24.6 Å². The van der Waals surface area contributed by atoms with Crippen LogP contribution in [0.25, 0.3) is 0 Å². The summed E-state index contributed by atoms with van der Waals surface area (Å²) < 4.78 is 4.99. The molecule has 0 aliphatic heterocycles. The van der Waals surface area contributed by atoms with Gasteiger partial charge in [-0.1, -0.05) is 26.1 Å². The van der Waals surface area contributed by atoms with Gasteiger partial charge in [0.15, 0.2) is 0 Å². The summed E-state index contributed by atoms with van der Waals surface area (Å²) in [5, 5.41) is 0. The lowest BCUT2D eigenvalue weighted by atomic mass is 10.1. The summed E-state index contributed by atoms with van der Waals surface area (Å²) in [5.74, 6) is 0.398. The summed E-state index contributed by atoms with van der Waals surface area (Å²) in [4.78, 5) is 13.9. The van der Waals surface area contributed by atoms with Gasteiger partial charge in [-0.3, -0.25) is 4.79 Å². The summed E-state index contributed by atoms with van der Waals surface area (Å²) >= 11 is 4.87.